The second-order valence-corrected chi connectivity index (χ2v) is 6.26. The summed E-state index contributed by atoms with van der Waals surface area (Å²) < 4.78 is 27.6. The van der Waals surface area contributed by atoms with E-state index in [2.05, 4.69) is 10.6 Å². The van der Waals surface area contributed by atoms with Crippen molar-refractivity contribution >= 4 is 40.6 Å². The number of hydrogen-bond acceptors (Lipinski definition) is 3. The molecule has 27 heavy (non-hydrogen) atoms. The van der Waals surface area contributed by atoms with E-state index in [0.29, 0.717) is 5.56 Å². The van der Waals surface area contributed by atoms with Gasteiger partial charge in [-0.05, 0) is 52.7 Å². The van der Waals surface area contributed by atoms with Gasteiger partial charge in [0.25, 0.3) is 11.8 Å². The second-order valence-electron chi connectivity index (χ2n) is 5.48. The highest BCUT2D eigenvalue weighted by atomic mass is 32.1. The Labute approximate surface area is 158 Å². The van der Waals surface area contributed by atoms with Crippen LogP contribution in [0.1, 0.15) is 5.56 Å². The first-order valence-corrected chi connectivity index (χ1v) is 8.84. The molecule has 0 aliphatic heterocycles. The van der Waals surface area contributed by atoms with Crippen LogP contribution in [-0.2, 0) is 9.59 Å². The Kier molecular flexibility index (Phi) is 5.73. The molecule has 2 N–H and O–H groups in total. The summed E-state index contributed by atoms with van der Waals surface area (Å²) in [5.74, 6) is -2.87. The third kappa shape index (κ3) is 4.65. The van der Waals surface area contributed by atoms with E-state index in [1.54, 1.807) is 29.0 Å². The highest BCUT2D eigenvalue weighted by Gasteiger charge is 2.21. The van der Waals surface area contributed by atoms with Crippen molar-refractivity contribution in [2.24, 2.45) is 0 Å². The highest BCUT2D eigenvalue weighted by Crippen LogP contribution is 2.19. The number of amides is 2. The Hall–Kier alpha value is -3.32. The summed E-state index contributed by atoms with van der Waals surface area (Å²) in [6, 6.07) is 12.9. The zero-order valence-electron chi connectivity index (χ0n) is 13.9. The average molecular weight is 384 g/mol. The van der Waals surface area contributed by atoms with Gasteiger partial charge < -0.3 is 10.6 Å². The third-order valence-electron chi connectivity index (χ3n) is 3.59. The van der Waals surface area contributed by atoms with Crippen LogP contribution in [-0.4, -0.2) is 11.8 Å². The van der Waals surface area contributed by atoms with Gasteiger partial charge in [0.1, 0.15) is 17.2 Å². The van der Waals surface area contributed by atoms with Gasteiger partial charge in [0.15, 0.2) is 0 Å². The molecule has 0 aliphatic rings. The molecule has 2 aromatic carbocycles. The first-order chi connectivity index (χ1) is 13.0. The first kappa shape index (κ1) is 18.5. The van der Waals surface area contributed by atoms with Gasteiger partial charge in [-0.3, -0.25) is 9.59 Å². The van der Waals surface area contributed by atoms with Crippen molar-refractivity contribution in [3.05, 3.63) is 88.1 Å². The molecule has 0 unspecified atom stereocenters. The van der Waals surface area contributed by atoms with Crippen LogP contribution in [0.25, 0.3) is 6.08 Å². The van der Waals surface area contributed by atoms with E-state index < -0.39 is 23.4 Å². The molecule has 0 saturated carbocycles. The van der Waals surface area contributed by atoms with Crippen LogP contribution in [0.2, 0.25) is 0 Å². The van der Waals surface area contributed by atoms with Gasteiger partial charge in [0.05, 0.1) is 11.4 Å². The molecule has 0 spiro atoms. The largest absolute Gasteiger partial charge is 0.319 e. The maximum atomic E-state index is 13.8. The monoisotopic (exact) mass is 384 g/mol. The van der Waals surface area contributed by atoms with Crippen molar-refractivity contribution in [3.8, 4) is 0 Å². The van der Waals surface area contributed by atoms with Gasteiger partial charge in [-0.2, -0.15) is 11.3 Å². The van der Waals surface area contributed by atoms with Gasteiger partial charge in [0.2, 0.25) is 0 Å². The molecule has 0 radical (unpaired) electrons. The minimum Gasteiger partial charge on any atom is -0.319 e. The fourth-order valence-corrected chi connectivity index (χ4v) is 2.88. The number of halogens is 2. The van der Waals surface area contributed by atoms with E-state index >= 15 is 0 Å². The van der Waals surface area contributed by atoms with Crippen molar-refractivity contribution in [2.45, 2.75) is 0 Å². The summed E-state index contributed by atoms with van der Waals surface area (Å²) in [4.78, 5) is 25.2. The van der Waals surface area contributed by atoms with Crippen LogP contribution < -0.4 is 10.6 Å². The number of carbonyl (C=O) groups excluding carboxylic acids is 2. The van der Waals surface area contributed by atoms with Gasteiger partial charge in [-0.1, -0.05) is 24.3 Å². The summed E-state index contributed by atoms with van der Waals surface area (Å²) in [5.41, 5.74) is 0.233. The number of para-hydroxylation sites is 2. The maximum absolute atomic E-state index is 13.8. The lowest BCUT2D eigenvalue weighted by Gasteiger charge is -2.11. The lowest BCUT2D eigenvalue weighted by atomic mass is 10.1. The van der Waals surface area contributed by atoms with Crippen molar-refractivity contribution < 1.29 is 18.4 Å². The molecule has 0 fully saturated rings. The molecular formula is C20H14F2N2O2S. The highest BCUT2D eigenvalue weighted by molar-refractivity contribution is 7.08. The fourth-order valence-electron chi connectivity index (χ4n) is 2.26. The Morgan fingerprint density at radius 3 is 1.78 bits per heavy atom. The van der Waals surface area contributed by atoms with Gasteiger partial charge in [-0.15, -0.1) is 0 Å². The number of thiophene rings is 1. The number of rotatable bonds is 5. The van der Waals surface area contributed by atoms with E-state index in [9.17, 15) is 18.4 Å². The molecule has 7 heteroatoms. The molecule has 0 aliphatic carbocycles. The van der Waals surface area contributed by atoms with Gasteiger partial charge in [-0.25, -0.2) is 8.78 Å². The van der Waals surface area contributed by atoms with Crippen LogP contribution in [0.5, 0.6) is 0 Å². The standard InChI is InChI=1S/C20H14F2N2O2S/c21-15-5-1-3-7-17(15)23-19(25)14(11-13-9-10-27-12-13)20(26)24-18-8-4-2-6-16(18)22/h1-12H,(H,23,25)(H,24,26). The number of carbonyl (C=O) groups is 2. The SMILES string of the molecule is O=C(Nc1ccccc1F)C(=Cc1ccsc1)C(=O)Nc1ccccc1F. The first-order valence-electron chi connectivity index (χ1n) is 7.90. The van der Waals surface area contributed by atoms with E-state index in [1.165, 1.54) is 53.8 Å². The van der Waals surface area contributed by atoms with Crippen LogP contribution >= 0.6 is 11.3 Å². The van der Waals surface area contributed by atoms with Crippen molar-refractivity contribution in [1.82, 2.24) is 0 Å². The predicted octanol–water partition coefficient (Wildman–Crippen LogP) is 4.69. The molecule has 0 bridgehead atoms. The molecule has 3 aromatic rings. The maximum Gasteiger partial charge on any atom is 0.261 e. The molecule has 1 heterocycles. The van der Waals surface area contributed by atoms with Gasteiger partial charge >= 0.3 is 0 Å². The summed E-state index contributed by atoms with van der Waals surface area (Å²) in [5, 5.41) is 8.27. The third-order valence-corrected chi connectivity index (χ3v) is 4.29. The Balaban J connectivity index is 1.89. The van der Waals surface area contributed by atoms with Crippen LogP contribution in [0, 0.1) is 11.6 Å². The fraction of sp³-hybridized carbons (Fsp3) is 0. The van der Waals surface area contributed by atoms with Crippen LogP contribution in [0.4, 0.5) is 20.2 Å². The summed E-state index contributed by atoms with van der Waals surface area (Å²) in [6.45, 7) is 0. The Bertz CT molecular complexity index is 939. The molecule has 0 atom stereocenters. The van der Waals surface area contributed by atoms with Crippen LogP contribution in [0.3, 0.4) is 0 Å². The number of anilines is 2. The second kappa shape index (κ2) is 8.37. The molecule has 0 saturated heterocycles. The molecule has 1 aromatic heterocycles. The van der Waals surface area contributed by atoms with Crippen molar-refractivity contribution in [3.63, 3.8) is 0 Å². The predicted molar refractivity (Wildman–Crippen MR) is 102 cm³/mol. The van der Waals surface area contributed by atoms with Crippen molar-refractivity contribution in [2.75, 3.05) is 10.6 Å². The number of hydrogen-bond donors (Lipinski definition) is 2. The topological polar surface area (TPSA) is 58.2 Å². The molecule has 2 amide bonds. The zero-order valence-corrected chi connectivity index (χ0v) is 14.7. The molecule has 4 nitrogen and oxygen atoms in total. The van der Waals surface area contributed by atoms with Gasteiger partial charge in [0, 0.05) is 0 Å². The Morgan fingerprint density at radius 2 is 1.33 bits per heavy atom. The lowest BCUT2D eigenvalue weighted by molar-refractivity contribution is -0.118. The summed E-state index contributed by atoms with van der Waals surface area (Å²) in [7, 11) is 0. The smallest absolute Gasteiger partial charge is 0.261 e. The van der Waals surface area contributed by atoms with Crippen LogP contribution in [0.15, 0.2) is 70.9 Å². The quantitative estimate of drug-likeness (QED) is 0.381. The van der Waals surface area contributed by atoms with Crippen molar-refractivity contribution in [1.29, 1.82) is 0 Å². The number of nitrogens with one attached hydrogen (secondary N) is 2. The van der Waals surface area contributed by atoms with E-state index in [1.807, 2.05) is 0 Å². The summed E-state index contributed by atoms with van der Waals surface area (Å²) in [6.07, 6.45) is 1.36. The van der Waals surface area contributed by atoms with E-state index in [-0.39, 0.29) is 16.9 Å². The lowest BCUT2D eigenvalue weighted by Crippen LogP contribution is -2.26. The molecule has 136 valence electrons. The van der Waals surface area contributed by atoms with E-state index in [0.717, 1.165) is 0 Å². The average Bonchev–Trinajstić information content (AvgIpc) is 3.16. The zero-order chi connectivity index (χ0) is 19.2. The minimum absolute atomic E-state index is 0.0580. The molecular weight excluding hydrogens is 370 g/mol. The molecule has 3 rings (SSSR count). The van der Waals surface area contributed by atoms with E-state index in [4.69, 9.17) is 0 Å². The Morgan fingerprint density at radius 1 is 0.815 bits per heavy atom. The number of benzene rings is 2. The normalized spacial score (nSPS) is 10.1. The summed E-state index contributed by atoms with van der Waals surface area (Å²) >= 11 is 1.39. The minimum atomic E-state index is -0.805.